The Morgan fingerprint density at radius 1 is 0.915 bits per heavy atom. The summed E-state index contributed by atoms with van der Waals surface area (Å²) >= 11 is 0. The van der Waals surface area contributed by atoms with Gasteiger partial charge in [-0.05, 0) is 172 Å². The number of hydrogen-bond donors (Lipinski definition) is 0. The molecule has 334 valence electrons. The van der Waals surface area contributed by atoms with E-state index in [2.05, 4.69) is 19.9 Å². The standard InChI is InChI=1S/C48H75FO9S/c1-8-52-33(3)58-46(4,5)42(49)24-17-34(31-55-59(50,51)37-19-15-32(2)16-20-37)39-22-23-40-38-21-18-35-29-36(56-44-13-9-11-27-53-44)30-43(57-45-14-10-12-28-54-45)48(35,7)41(38)25-26-47(39,40)6/h15-16,18-20,33-34,36,38-45H,8-14,17,21-31H2,1-7H3/t33?,34-,36+,38-,39+,40-,41-,42-,43-,44?,45?,47+,48-/m0/s1. The van der Waals surface area contributed by atoms with Crippen LogP contribution in [0.5, 0.6) is 0 Å². The predicted molar refractivity (Wildman–Crippen MR) is 226 cm³/mol. The molecule has 7 rings (SSSR count). The Morgan fingerprint density at radius 2 is 1.61 bits per heavy atom. The summed E-state index contributed by atoms with van der Waals surface area (Å²) < 4.78 is 87.1. The molecule has 5 fully saturated rings. The molecule has 13 atom stereocenters. The summed E-state index contributed by atoms with van der Waals surface area (Å²) in [5, 5.41) is 0. The van der Waals surface area contributed by atoms with E-state index >= 15 is 4.39 Å². The van der Waals surface area contributed by atoms with E-state index in [0.717, 1.165) is 102 Å². The summed E-state index contributed by atoms with van der Waals surface area (Å²) in [5.74, 6) is 1.45. The van der Waals surface area contributed by atoms with Crippen molar-refractivity contribution in [2.45, 2.75) is 193 Å². The van der Waals surface area contributed by atoms with Gasteiger partial charge in [-0.1, -0.05) is 43.2 Å². The largest absolute Gasteiger partial charge is 0.353 e. The molecule has 6 aliphatic rings. The molecule has 0 spiro atoms. The van der Waals surface area contributed by atoms with Crippen molar-refractivity contribution in [2.75, 3.05) is 26.4 Å². The Balaban J connectivity index is 1.12. The average Bonchev–Trinajstić information content (AvgIpc) is 3.56. The van der Waals surface area contributed by atoms with E-state index in [9.17, 15) is 8.42 Å². The molecule has 0 bridgehead atoms. The van der Waals surface area contributed by atoms with Crippen molar-refractivity contribution in [3.8, 4) is 0 Å². The molecule has 0 amide bonds. The van der Waals surface area contributed by atoms with Crippen LogP contribution in [0.15, 0.2) is 40.8 Å². The highest BCUT2D eigenvalue weighted by atomic mass is 32.2. The van der Waals surface area contributed by atoms with Crippen LogP contribution >= 0.6 is 0 Å². The van der Waals surface area contributed by atoms with Gasteiger partial charge in [-0.25, -0.2) is 4.39 Å². The molecule has 9 nitrogen and oxygen atoms in total. The molecule has 2 aliphatic heterocycles. The van der Waals surface area contributed by atoms with E-state index in [0.29, 0.717) is 30.8 Å². The second kappa shape index (κ2) is 19.1. The average molecular weight is 847 g/mol. The summed E-state index contributed by atoms with van der Waals surface area (Å²) in [6.07, 6.45) is 14.5. The van der Waals surface area contributed by atoms with Crippen molar-refractivity contribution in [1.29, 1.82) is 0 Å². The van der Waals surface area contributed by atoms with Crippen LogP contribution in [0.4, 0.5) is 4.39 Å². The maximum absolute atomic E-state index is 16.2. The fourth-order valence-corrected chi connectivity index (χ4v) is 13.6. The van der Waals surface area contributed by atoms with Gasteiger partial charge in [0.2, 0.25) is 0 Å². The molecule has 0 N–H and O–H groups in total. The Hall–Kier alpha value is -1.44. The highest BCUT2D eigenvalue weighted by Gasteiger charge is 2.62. The zero-order chi connectivity index (χ0) is 42.0. The van der Waals surface area contributed by atoms with Gasteiger partial charge in [0.25, 0.3) is 10.1 Å². The van der Waals surface area contributed by atoms with Crippen molar-refractivity contribution in [2.24, 2.45) is 40.4 Å². The van der Waals surface area contributed by atoms with E-state index in [1.165, 1.54) is 5.57 Å². The number of rotatable bonds is 17. The smallest absolute Gasteiger partial charge is 0.296 e. The van der Waals surface area contributed by atoms with E-state index in [-0.39, 0.29) is 65.4 Å². The summed E-state index contributed by atoms with van der Waals surface area (Å²) in [4.78, 5) is 0.153. The van der Waals surface area contributed by atoms with Crippen LogP contribution in [-0.4, -0.2) is 77.7 Å². The van der Waals surface area contributed by atoms with Crippen LogP contribution in [0.1, 0.15) is 143 Å². The van der Waals surface area contributed by atoms with Crippen LogP contribution in [0, 0.1) is 47.3 Å². The van der Waals surface area contributed by atoms with Gasteiger partial charge >= 0.3 is 0 Å². The third-order valence-electron chi connectivity index (χ3n) is 15.9. The van der Waals surface area contributed by atoms with Gasteiger partial charge in [-0.2, -0.15) is 8.42 Å². The third-order valence-corrected chi connectivity index (χ3v) is 17.2. The van der Waals surface area contributed by atoms with E-state index < -0.39 is 28.2 Å². The van der Waals surface area contributed by atoms with Gasteiger partial charge in [0.1, 0.15) is 6.17 Å². The number of aryl methyl sites for hydroxylation is 1. The lowest BCUT2D eigenvalue weighted by molar-refractivity contribution is -0.248. The fourth-order valence-electron chi connectivity index (χ4n) is 12.6. The lowest BCUT2D eigenvalue weighted by atomic mass is 9.46. The predicted octanol–water partition coefficient (Wildman–Crippen LogP) is 10.6. The number of hydrogen-bond acceptors (Lipinski definition) is 9. The first-order chi connectivity index (χ1) is 28.1. The van der Waals surface area contributed by atoms with Crippen LogP contribution in [0.25, 0.3) is 0 Å². The van der Waals surface area contributed by atoms with Gasteiger partial charge in [0.05, 0.1) is 29.3 Å². The normalized spacial score (nSPS) is 36.8. The van der Waals surface area contributed by atoms with Crippen molar-refractivity contribution in [1.82, 2.24) is 0 Å². The highest BCUT2D eigenvalue weighted by Crippen LogP contribution is 2.68. The molecule has 3 saturated carbocycles. The molecule has 0 radical (unpaired) electrons. The molecule has 4 aliphatic carbocycles. The molecule has 2 saturated heterocycles. The van der Waals surface area contributed by atoms with Crippen LogP contribution in [0.2, 0.25) is 0 Å². The minimum Gasteiger partial charge on any atom is -0.353 e. The lowest BCUT2D eigenvalue weighted by Gasteiger charge is -2.60. The van der Waals surface area contributed by atoms with Crippen LogP contribution in [-0.2, 0) is 42.7 Å². The SMILES string of the molecule is CCOC(C)OC(C)(C)[C@@H](F)CC[C@@H](COS(=O)(=O)c1ccc(C)cc1)[C@H]1CC[C@H]2[C@@H]3CC=C4C[C@@H](OC5CCCCO5)C[C@H](OC5CCCCO5)[C@]4(C)[C@H]3CC[C@]12C. The molecular weight excluding hydrogens is 772 g/mol. The van der Waals surface area contributed by atoms with Gasteiger partial charge in [0.15, 0.2) is 18.9 Å². The maximum Gasteiger partial charge on any atom is 0.296 e. The molecule has 1 aromatic carbocycles. The van der Waals surface area contributed by atoms with Crippen LogP contribution < -0.4 is 0 Å². The van der Waals surface area contributed by atoms with E-state index in [4.69, 9.17) is 32.6 Å². The first-order valence-corrected chi connectivity index (χ1v) is 24.7. The molecular formula is C48H75FO9S. The minimum atomic E-state index is -4.00. The minimum absolute atomic E-state index is 0.0146. The summed E-state index contributed by atoms with van der Waals surface area (Å²) in [6.45, 7) is 16.2. The molecule has 2 heterocycles. The van der Waals surface area contributed by atoms with Crippen molar-refractivity contribution < 1.29 is 45.4 Å². The van der Waals surface area contributed by atoms with Gasteiger partial charge in [-0.3, -0.25) is 4.18 Å². The Bertz CT molecular complexity index is 1660. The monoisotopic (exact) mass is 847 g/mol. The van der Waals surface area contributed by atoms with Gasteiger partial charge < -0.3 is 28.4 Å². The Labute approximate surface area is 355 Å². The van der Waals surface area contributed by atoms with Gasteiger partial charge in [-0.15, -0.1) is 0 Å². The van der Waals surface area contributed by atoms with Crippen LogP contribution in [0.3, 0.4) is 0 Å². The van der Waals surface area contributed by atoms with Crippen molar-refractivity contribution >= 4 is 10.1 Å². The number of fused-ring (bicyclic) bond motifs is 5. The summed E-state index contributed by atoms with van der Waals surface area (Å²) in [5.41, 5.74) is 1.23. The number of allylic oxidation sites excluding steroid dienone is 1. The lowest BCUT2D eigenvalue weighted by Crippen LogP contribution is -2.57. The highest BCUT2D eigenvalue weighted by molar-refractivity contribution is 7.86. The molecule has 0 aromatic heterocycles. The summed E-state index contributed by atoms with van der Waals surface area (Å²) in [6, 6.07) is 6.80. The molecule has 59 heavy (non-hydrogen) atoms. The molecule has 1 aromatic rings. The van der Waals surface area contributed by atoms with E-state index in [1.54, 1.807) is 45.0 Å². The van der Waals surface area contributed by atoms with Crippen molar-refractivity contribution in [3.63, 3.8) is 0 Å². The zero-order valence-corrected chi connectivity index (χ0v) is 37.9. The quantitative estimate of drug-likeness (QED) is 0.0862. The topological polar surface area (TPSA) is 98.8 Å². The zero-order valence-electron chi connectivity index (χ0n) is 37.1. The second-order valence-electron chi connectivity index (χ2n) is 19.9. The summed E-state index contributed by atoms with van der Waals surface area (Å²) in [7, 11) is -4.00. The first-order valence-electron chi connectivity index (χ1n) is 23.3. The Morgan fingerprint density at radius 3 is 2.27 bits per heavy atom. The van der Waals surface area contributed by atoms with Gasteiger partial charge in [0, 0.05) is 31.7 Å². The van der Waals surface area contributed by atoms with Crippen molar-refractivity contribution in [3.05, 3.63) is 41.5 Å². The Kier molecular flexibility index (Phi) is 14.8. The number of alkyl halides is 1. The number of benzene rings is 1. The maximum atomic E-state index is 16.2. The fraction of sp³-hybridized carbons (Fsp3) is 0.833. The molecule has 11 heteroatoms. The third kappa shape index (κ3) is 10.0. The second-order valence-corrected chi connectivity index (χ2v) is 21.5. The first kappa shape index (κ1) is 45.6. The van der Waals surface area contributed by atoms with E-state index in [1.807, 2.05) is 13.8 Å². The number of halogens is 1. The molecule has 3 unspecified atom stereocenters. The number of ether oxygens (including phenoxy) is 6.